The Balaban J connectivity index is 1.48. The standard InChI is InChI=1S/C16H27OS2/c1-12-3-5-13(6-4-12)14-7-8-15(17-11-14)16-18-9-2-10-19-16/h12-15H,2-11H2,1H3/q+1. The van der Waals surface area contributed by atoms with Crippen LogP contribution in [0.15, 0.2) is 0 Å². The molecule has 1 saturated carbocycles. The zero-order valence-corrected chi connectivity index (χ0v) is 13.7. The van der Waals surface area contributed by atoms with Crippen LogP contribution in [0.1, 0.15) is 51.9 Å². The van der Waals surface area contributed by atoms with Gasteiger partial charge in [-0.1, -0.05) is 31.5 Å². The highest BCUT2D eigenvalue weighted by atomic mass is 32.2. The molecule has 0 aromatic carbocycles. The lowest BCUT2D eigenvalue weighted by atomic mass is 9.74. The molecule has 3 aliphatic rings. The fourth-order valence-corrected chi connectivity index (χ4v) is 6.46. The van der Waals surface area contributed by atoms with Crippen LogP contribution in [-0.2, 0) is 16.1 Å². The van der Waals surface area contributed by atoms with Crippen LogP contribution in [0.2, 0.25) is 0 Å². The van der Waals surface area contributed by atoms with Crippen molar-refractivity contribution < 1.29 is 4.74 Å². The average molecular weight is 300 g/mol. The average Bonchev–Trinajstić information content (AvgIpc) is 2.49. The first-order valence-corrected chi connectivity index (χ1v) is 10.0. The normalized spacial score (nSPS) is 40.8. The molecule has 2 fully saturated rings. The van der Waals surface area contributed by atoms with E-state index < -0.39 is 0 Å². The van der Waals surface area contributed by atoms with Crippen molar-refractivity contribution in [2.45, 2.75) is 58.0 Å². The summed E-state index contributed by atoms with van der Waals surface area (Å²) in [5.41, 5.74) is 0. The van der Waals surface area contributed by atoms with E-state index in [1.165, 1.54) is 56.5 Å². The molecule has 2 unspecified atom stereocenters. The first-order valence-electron chi connectivity index (χ1n) is 8.07. The van der Waals surface area contributed by atoms with Gasteiger partial charge in [0.25, 0.3) is 4.20 Å². The van der Waals surface area contributed by atoms with E-state index in [1.54, 1.807) is 4.20 Å². The van der Waals surface area contributed by atoms with E-state index >= 15 is 0 Å². The molecule has 108 valence electrons. The number of hydrogen-bond acceptors (Lipinski definition) is 2. The van der Waals surface area contributed by atoms with Crippen molar-refractivity contribution in [3.05, 3.63) is 0 Å². The molecule has 2 heterocycles. The predicted molar refractivity (Wildman–Crippen MR) is 87.9 cm³/mol. The van der Waals surface area contributed by atoms with Crippen molar-refractivity contribution >= 4 is 27.3 Å². The molecule has 1 saturated heterocycles. The first kappa shape index (κ1) is 14.3. The van der Waals surface area contributed by atoms with Crippen molar-refractivity contribution in [1.29, 1.82) is 0 Å². The summed E-state index contributed by atoms with van der Waals surface area (Å²) in [6.45, 7) is 3.45. The van der Waals surface area contributed by atoms with Crippen molar-refractivity contribution in [2.24, 2.45) is 17.8 Å². The smallest absolute Gasteiger partial charge is 0.263 e. The minimum Gasteiger partial charge on any atom is -0.367 e. The summed E-state index contributed by atoms with van der Waals surface area (Å²) >= 11 is 4.12. The minimum absolute atomic E-state index is 0.467. The lowest BCUT2D eigenvalue weighted by Gasteiger charge is -2.36. The van der Waals surface area contributed by atoms with Crippen LogP contribution in [0.3, 0.4) is 0 Å². The van der Waals surface area contributed by atoms with E-state index in [4.69, 9.17) is 4.74 Å². The summed E-state index contributed by atoms with van der Waals surface area (Å²) in [5.74, 6) is 5.43. The van der Waals surface area contributed by atoms with Crippen LogP contribution in [-0.4, -0.2) is 28.4 Å². The lowest BCUT2D eigenvalue weighted by Crippen LogP contribution is -2.36. The number of ether oxygens (including phenoxy) is 1. The van der Waals surface area contributed by atoms with Gasteiger partial charge in [0.2, 0.25) is 0 Å². The Hall–Kier alpha value is 0.400. The highest BCUT2D eigenvalue weighted by Gasteiger charge is 2.35. The van der Waals surface area contributed by atoms with Gasteiger partial charge in [-0.3, -0.25) is 0 Å². The third kappa shape index (κ3) is 3.74. The second-order valence-corrected chi connectivity index (χ2v) is 9.08. The Morgan fingerprint density at radius 3 is 2.47 bits per heavy atom. The molecule has 1 aliphatic carbocycles. The quantitative estimate of drug-likeness (QED) is 0.564. The van der Waals surface area contributed by atoms with Gasteiger partial charge in [-0.15, -0.1) is 0 Å². The van der Waals surface area contributed by atoms with Gasteiger partial charge in [0.05, 0.1) is 6.61 Å². The Morgan fingerprint density at radius 1 is 1.05 bits per heavy atom. The number of rotatable bonds is 2. The van der Waals surface area contributed by atoms with Gasteiger partial charge in [-0.2, -0.15) is 0 Å². The molecule has 0 N–H and O–H groups in total. The zero-order valence-electron chi connectivity index (χ0n) is 12.1. The maximum absolute atomic E-state index is 6.23. The van der Waals surface area contributed by atoms with Crippen LogP contribution in [0, 0.1) is 17.8 Å². The molecule has 0 aromatic rings. The molecule has 19 heavy (non-hydrogen) atoms. The molecule has 3 rings (SSSR count). The Kier molecular flexibility index (Phi) is 5.21. The summed E-state index contributed by atoms with van der Waals surface area (Å²) in [4.78, 5) is 0. The molecule has 0 aromatic heterocycles. The van der Waals surface area contributed by atoms with Crippen LogP contribution in [0.4, 0.5) is 0 Å². The molecule has 1 nitrogen and oxygen atoms in total. The molecule has 0 amide bonds. The number of thioether (sulfide) groups is 1. The van der Waals surface area contributed by atoms with E-state index in [2.05, 4.69) is 30.0 Å². The van der Waals surface area contributed by atoms with Gasteiger partial charge >= 0.3 is 0 Å². The fourth-order valence-electron chi connectivity index (χ4n) is 3.72. The third-order valence-corrected chi connectivity index (χ3v) is 7.87. The van der Waals surface area contributed by atoms with Gasteiger partial charge in [0.15, 0.2) is 17.1 Å². The largest absolute Gasteiger partial charge is 0.367 e. The molecular formula is C16H27OS2+. The van der Waals surface area contributed by atoms with Gasteiger partial charge in [0, 0.05) is 12.2 Å². The summed E-state index contributed by atoms with van der Waals surface area (Å²) in [6, 6.07) is 0. The molecule has 0 spiro atoms. The topological polar surface area (TPSA) is 9.23 Å². The zero-order chi connectivity index (χ0) is 13.1. The Labute approximate surface area is 126 Å². The lowest BCUT2D eigenvalue weighted by molar-refractivity contribution is -0.00530. The monoisotopic (exact) mass is 299 g/mol. The summed E-state index contributed by atoms with van der Waals surface area (Å²) in [5, 5.41) is 0. The van der Waals surface area contributed by atoms with E-state index in [9.17, 15) is 0 Å². The summed E-state index contributed by atoms with van der Waals surface area (Å²) in [7, 11) is 0. The second-order valence-electron chi connectivity index (χ2n) is 6.55. The van der Waals surface area contributed by atoms with Crippen molar-refractivity contribution in [3.63, 3.8) is 0 Å². The van der Waals surface area contributed by atoms with Crippen LogP contribution in [0.5, 0.6) is 0 Å². The molecule has 3 heteroatoms. The van der Waals surface area contributed by atoms with Crippen LogP contribution in [0.25, 0.3) is 0 Å². The predicted octanol–water partition coefficient (Wildman–Crippen LogP) is 3.96. The molecule has 0 radical (unpaired) electrons. The van der Waals surface area contributed by atoms with Crippen molar-refractivity contribution in [3.8, 4) is 0 Å². The first-order chi connectivity index (χ1) is 9.33. The van der Waals surface area contributed by atoms with Gasteiger partial charge in [0.1, 0.15) is 6.10 Å². The van der Waals surface area contributed by atoms with Crippen molar-refractivity contribution in [1.82, 2.24) is 0 Å². The number of hydrogen-bond donors (Lipinski definition) is 0. The fraction of sp³-hybridized carbons (Fsp3) is 0.938. The highest BCUT2D eigenvalue weighted by Crippen LogP contribution is 2.38. The summed E-state index contributed by atoms with van der Waals surface area (Å²) in [6.07, 6.45) is 10.4. The summed E-state index contributed by atoms with van der Waals surface area (Å²) < 4.78 is 7.82. The maximum atomic E-state index is 6.23. The SMILES string of the molecule is CC1CCC(C2CCC(C3=[S+]CCCS3)OC2)CC1. The van der Waals surface area contributed by atoms with Crippen LogP contribution >= 0.6 is 11.8 Å². The van der Waals surface area contributed by atoms with E-state index in [1.807, 2.05) is 0 Å². The van der Waals surface area contributed by atoms with E-state index in [0.29, 0.717) is 6.10 Å². The van der Waals surface area contributed by atoms with Gasteiger partial charge < -0.3 is 4.74 Å². The van der Waals surface area contributed by atoms with Crippen LogP contribution < -0.4 is 0 Å². The Bertz CT molecular complexity index is 313. The third-order valence-electron chi connectivity index (χ3n) is 5.08. The Morgan fingerprint density at radius 2 is 1.84 bits per heavy atom. The second kappa shape index (κ2) is 6.91. The van der Waals surface area contributed by atoms with E-state index in [-0.39, 0.29) is 0 Å². The maximum Gasteiger partial charge on any atom is 0.263 e. The van der Waals surface area contributed by atoms with E-state index in [0.717, 1.165) is 24.4 Å². The van der Waals surface area contributed by atoms with Gasteiger partial charge in [-0.25, -0.2) is 0 Å². The molecular weight excluding hydrogens is 272 g/mol. The van der Waals surface area contributed by atoms with Crippen molar-refractivity contribution in [2.75, 3.05) is 18.1 Å². The van der Waals surface area contributed by atoms with Gasteiger partial charge in [-0.05, 0) is 43.4 Å². The minimum atomic E-state index is 0.467. The molecule has 2 atom stereocenters. The highest BCUT2D eigenvalue weighted by molar-refractivity contribution is 8.23. The molecule has 2 aliphatic heterocycles. The molecule has 0 bridgehead atoms.